The maximum absolute atomic E-state index is 11.7. The number of nitrogens with two attached hydrogens (primary N) is 1. The average molecular weight is 219 g/mol. The van der Waals surface area contributed by atoms with Crippen LogP contribution in [0.5, 0.6) is 0 Å². The normalized spacial score (nSPS) is 12.2. The van der Waals surface area contributed by atoms with Crippen molar-refractivity contribution in [2.24, 2.45) is 11.1 Å². The van der Waals surface area contributed by atoms with E-state index in [0.29, 0.717) is 6.54 Å². The molecule has 4 nitrogen and oxygen atoms in total. The third-order valence-electron chi connectivity index (χ3n) is 2.84. The van der Waals surface area contributed by atoms with E-state index in [1.807, 2.05) is 22.9 Å². The Morgan fingerprint density at radius 3 is 2.88 bits per heavy atom. The highest BCUT2D eigenvalue weighted by Gasteiger charge is 2.17. The molecule has 0 radical (unpaired) electrons. The number of pyridine rings is 1. The second kappa shape index (κ2) is 3.79. The molecule has 3 N–H and O–H groups in total. The van der Waals surface area contributed by atoms with Crippen molar-refractivity contribution in [2.75, 3.05) is 6.54 Å². The Kier molecular flexibility index (Phi) is 2.59. The molecule has 86 valence electrons. The topological polar surface area (TPSA) is 63.8 Å². The molecule has 0 aromatic carbocycles. The number of nitrogens with zero attached hydrogens (tertiary/aromatic N) is 1. The van der Waals surface area contributed by atoms with Gasteiger partial charge in [-0.1, -0.05) is 13.8 Å². The molecular formula is C12H17N3O. The van der Waals surface area contributed by atoms with Crippen molar-refractivity contribution in [2.45, 2.75) is 20.4 Å². The quantitative estimate of drug-likeness (QED) is 0.817. The molecular weight excluding hydrogens is 202 g/mol. The molecule has 0 aliphatic rings. The van der Waals surface area contributed by atoms with Crippen LogP contribution in [-0.2, 0) is 6.54 Å². The van der Waals surface area contributed by atoms with Gasteiger partial charge in [0.2, 0.25) is 0 Å². The van der Waals surface area contributed by atoms with Gasteiger partial charge in [-0.05, 0) is 24.1 Å². The molecule has 0 saturated carbocycles. The zero-order chi connectivity index (χ0) is 11.8. The van der Waals surface area contributed by atoms with Crippen molar-refractivity contribution in [3.8, 4) is 0 Å². The highest BCUT2D eigenvalue weighted by atomic mass is 16.1. The molecule has 2 heterocycles. The van der Waals surface area contributed by atoms with Gasteiger partial charge in [0.1, 0.15) is 5.52 Å². The van der Waals surface area contributed by atoms with Crippen molar-refractivity contribution in [3.05, 3.63) is 34.9 Å². The predicted molar refractivity (Wildman–Crippen MR) is 65.4 cm³/mol. The molecule has 0 aliphatic carbocycles. The fraction of sp³-hybridized carbons (Fsp3) is 0.417. The maximum Gasteiger partial charge on any atom is 0.272 e. The van der Waals surface area contributed by atoms with Crippen molar-refractivity contribution in [3.63, 3.8) is 0 Å². The van der Waals surface area contributed by atoms with Crippen LogP contribution in [0.4, 0.5) is 0 Å². The van der Waals surface area contributed by atoms with E-state index in [4.69, 9.17) is 5.73 Å². The number of H-pyrrole nitrogens is 1. The van der Waals surface area contributed by atoms with Crippen LogP contribution in [0, 0.1) is 5.41 Å². The van der Waals surface area contributed by atoms with E-state index < -0.39 is 0 Å². The molecule has 0 bridgehead atoms. The van der Waals surface area contributed by atoms with Crippen LogP contribution in [0.2, 0.25) is 0 Å². The van der Waals surface area contributed by atoms with Crippen molar-refractivity contribution in [1.29, 1.82) is 0 Å². The van der Waals surface area contributed by atoms with Crippen LogP contribution in [0.1, 0.15) is 13.8 Å². The fourth-order valence-electron chi connectivity index (χ4n) is 1.82. The summed E-state index contributed by atoms with van der Waals surface area (Å²) in [6.45, 7) is 5.53. The number of aromatic nitrogens is 2. The van der Waals surface area contributed by atoms with E-state index in [-0.39, 0.29) is 11.0 Å². The largest absolute Gasteiger partial charge is 0.342 e. The van der Waals surface area contributed by atoms with Crippen LogP contribution in [0.25, 0.3) is 10.9 Å². The third-order valence-corrected chi connectivity index (χ3v) is 2.84. The van der Waals surface area contributed by atoms with Crippen LogP contribution in [0.3, 0.4) is 0 Å². The van der Waals surface area contributed by atoms with E-state index >= 15 is 0 Å². The molecule has 2 aromatic heterocycles. The van der Waals surface area contributed by atoms with Gasteiger partial charge in [0.15, 0.2) is 0 Å². The van der Waals surface area contributed by atoms with Gasteiger partial charge in [-0.2, -0.15) is 0 Å². The Labute approximate surface area is 94.1 Å². The van der Waals surface area contributed by atoms with Crippen molar-refractivity contribution in [1.82, 2.24) is 9.55 Å². The van der Waals surface area contributed by atoms with Gasteiger partial charge in [-0.25, -0.2) is 0 Å². The smallest absolute Gasteiger partial charge is 0.272 e. The SMILES string of the molecule is CC(C)(CN)Cn1ccc2cc[nH]c(=O)c21. The first-order valence-corrected chi connectivity index (χ1v) is 5.40. The van der Waals surface area contributed by atoms with Crippen molar-refractivity contribution < 1.29 is 0 Å². The minimum Gasteiger partial charge on any atom is -0.342 e. The first kappa shape index (κ1) is 11.0. The lowest BCUT2D eigenvalue weighted by Gasteiger charge is -2.23. The van der Waals surface area contributed by atoms with Gasteiger partial charge in [0.25, 0.3) is 5.56 Å². The predicted octanol–water partition coefficient (Wildman–Crippen LogP) is 1.31. The molecule has 0 unspecified atom stereocenters. The molecule has 0 spiro atoms. The number of hydrogen-bond acceptors (Lipinski definition) is 2. The summed E-state index contributed by atoms with van der Waals surface area (Å²) in [4.78, 5) is 14.4. The lowest BCUT2D eigenvalue weighted by molar-refractivity contribution is 0.322. The van der Waals surface area contributed by atoms with Gasteiger partial charge in [0.05, 0.1) is 0 Å². The minimum absolute atomic E-state index is 0.00572. The Morgan fingerprint density at radius 1 is 1.44 bits per heavy atom. The highest BCUT2D eigenvalue weighted by molar-refractivity contribution is 5.78. The zero-order valence-electron chi connectivity index (χ0n) is 9.66. The number of aromatic amines is 1. The first-order valence-electron chi connectivity index (χ1n) is 5.40. The van der Waals surface area contributed by atoms with Gasteiger partial charge in [-0.3, -0.25) is 4.79 Å². The molecule has 4 heteroatoms. The maximum atomic E-state index is 11.7. The zero-order valence-corrected chi connectivity index (χ0v) is 9.66. The molecule has 0 amide bonds. The summed E-state index contributed by atoms with van der Waals surface area (Å²) >= 11 is 0. The van der Waals surface area contributed by atoms with E-state index in [2.05, 4.69) is 18.8 Å². The Hall–Kier alpha value is -1.55. The molecule has 16 heavy (non-hydrogen) atoms. The van der Waals surface area contributed by atoms with Gasteiger partial charge < -0.3 is 15.3 Å². The summed E-state index contributed by atoms with van der Waals surface area (Å²) in [5, 5.41) is 0.969. The molecule has 0 saturated heterocycles. The van der Waals surface area contributed by atoms with Crippen LogP contribution in [-0.4, -0.2) is 16.1 Å². The Balaban J connectivity index is 2.50. The van der Waals surface area contributed by atoms with Crippen molar-refractivity contribution >= 4 is 10.9 Å². The van der Waals surface area contributed by atoms with Crippen LogP contribution >= 0.6 is 0 Å². The third kappa shape index (κ3) is 1.88. The molecule has 2 rings (SSSR count). The second-order valence-electron chi connectivity index (χ2n) is 4.92. The monoisotopic (exact) mass is 219 g/mol. The number of fused-ring (bicyclic) bond motifs is 1. The Morgan fingerprint density at radius 2 is 2.19 bits per heavy atom. The number of hydrogen-bond donors (Lipinski definition) is 2. The minimum atomic E-state index is -0.0460. The lowest BCUT2D eigenvalue weighted by Crippen LogP contribution is -2.29. The average Bonchev–Trinajstić information content (AvgIpc) is 2.62. The summed E-state index contributed by atoms with van der Waals surface area (Å²) in [6, 6.07) is 3.86. The molecule has 0 atom stereocenters. The van der Waals surface area contributed by atoms with Crippen LogP contribution in [0.15, 0.2) is 29.3 Å². The summed E-state index contributed by atoms with van der Waals surface area (Å²) in [5.74, 6) is 0. The summed E-state index contributed by atoms with van der Waals surface area (Å²) in [5.41, 5.74) is 6.38. The molecule has 0 fully saturated rings. The van der Waals surface area contributed by atoms with E-state index in [1.165, 1.54) is 0 Å². The highest BCUT2D eigenvalue weighted by Crippen LogP contribution is 2.19. The first-order chi connectivity index (χ1) is 7.53. The summed E-state index contributed by atoms with van der Waals surface area (Å²) in [6.07, 6.45) is 3.61. The van der Waals surface area contributed by atoms with Gasteiger partial charge in [-0.15, -0.1) is 0 Å². The summed E-state index contributed by atoms with van der Waals surface area (Å²) < 4.78 is 1.97. The van der Waals surface area contributed by atoms with E-state index in [9.17, 15) is 4.79 Å². The van der Waals surface area contributed by atoms with Gasteiger partial charge in [0, 0.05) is 24.3 Å². The van der Waals surface area contributed by atoms with E-state index in [1.54, 1.807) is 6.20 Å². The summed E-state index contributed by atoms with van der Waals surface area (Å²) in [7, 11) is 0. The van der Waals surface area contributed by atoms with Gasteiger partial charge >= 0.3 is 0 Å². The molecule has 2 aromatic rings. The number of rotatable bonds is 3. The van der Waals surface area contributed by atoms with E-state index in [0.717, 1.165) is 17.4 Å². The second-order valence-corrected chi connectivity index (χ2v) is 4.92. The fourth-order valence-corrected chi connectivity index (χ4v) is 1.82. The lowest BCUT2D eigenvalue weighted by atomic mass is 9.94. The molecule has 0 aliphatic heterocycles. The standard InChI is InChI=1S/C12H17N3O/c1-12(2,7-13)8-15-6-4-9-3-5-14-11(16)10(9)15/h3-6H,7-8,13H2,1-2H3,(H,14,16). The Bertz CT molecular complexity index is 551. The number of nitrogens with one attached hydrogen (secondary N) is 1. The van der Waals surface area contributed by atoms with Crippen LogP contribution < -0.4 is 11.3 Å².